The van der Waals surface area contributed by atoms with Crippen LogP contribution in [0.1, 0.15) is 33.2 Å². The van der Waals surface area contributed by atoms with E-state index in [1.54, 1.807) is 11.8 Å². The lowest BCUT2D eigenvalue weighted by atomic mass is 10.1. The Morgan fingerprint density at radius 2 is 1.69 bits per heavy atom. The SMILES string of the molecule is CCOC(=O)c1cnc(N2CCN(C(=O)c3ccccc3C(F)(F)F)CC2)nc1. The summed E-state index contributed by atoms with van der Waals surface area (Å²) in [5.41, 5.74) is -1.07. The summed E-state index contributed by atoms with van der Waals surface area (Å²) in [6, 6.07) is 4.77. The first kappa shape index (κ1) is 20.6. The van der Waals surface area contributed by atoms with Gasteiger partial charge in [0.15, 0.2) is 0 Å². The Kier molecular flexibility index (Phi) is 6.00. The van der Waals surface area contributed by atoms with Gasteiger partial charge in [0.2, 0.25) is 5.95 Å². The van der Waals surface area contributed by atoms with Gasteiger partial charge in [-0.1, -0.05) is 12.1 Å². The Hall–Kier alpha value is -3.17. The highest BCUT2D eigenvalue weighted by Crippen LogP contribution is 2.32. The third-order valence-corrected chi connectivity index (χ3v) is 4.46. The molecule has 0 radical (unpaired) electrons. The van der Waals surface area contributed by atoms with Crippen LogP contribution in [-0.2, 0) is 10.9 Å². The highest BCUT2D eigenvalue weighted by atomic mass is 19.4. The standard InChI is InChI=1S/C19H19F3N4O3/c1-2-29-17(28)13-11-23-18(24-12-13)26-9-7-25(8-10-26)16(27)14-5-3-4-6-15(14)19(20,21)22/h3-6,11-12H,2,7-10H2,1H3. The zero-order chi connectivity index (χ0) is 21.0. The molecule has 7 nitrogen and oxygen atoms in total. The molecule has 154 valence electrons. The first-order chi connectivity index (χ1) is 13.8. The number of alkyl halides is 3. The number of carbonyl (C=O) groups excluding carboxylic acids is 2. The maximum atomic E-state index is 13.2. The fourth-order valence-corrected chi connectivity index (χ4v) is 3.00. The molecule has 0 N–H and O–H groups in total. The van der Waals surface area contributed by atoms with Crippen molar-refractivity contribution in [2.24, 2.45) is 0 Å². The van der Waals surface area contributed by atoms with E-state index in [2.05, 4.69) is 9.97 Å². The number of piperazine rings is 1. The molecule has 29 heavy (non-hydrogen) atoms. The molecule has 1 aliphatic rings. The second-order valence-corrected chi connectivity index (χ2v) is 6.31. The molecule has 0 unspecified atom stereocenters. The lowest BCUT2D eigenvalue weighted by Gasteiger charge is -2.35. The number of hydrogen-bond acceptors (Lipinski definition) is 6. The molecule has 2 aromatic rings. The van der Waals surface area contributed by atoms with Crippen molar-refractivity contribution in [3.8, 4) is 0 Å². The fraction of sp³-hybridized carbons (Fsp3) is 0.368. The Bertz CT molecular complexity index is 879. The Labute approximate surface area is 165 Å². The summed E-state index contributed by atoms with van der Waals surface area (Å²) in [7, 11) is 0. The molecule has 1 aromatic heterocycles. The number of aromatic nitrogens is 2. The summed E-state index contributed by atoms with van der Waals surface area (Å²) in [5, 5.41) is 0. The van der Waals surface area contributed by atoms with Crippen LogP contribution in [-0.4, -0.2) is 59.5 Å². The van der Waals surface area contributed by atoms with Gasteiger partial charge in [-0.3, -0.25) is 4.79 Å². The molecular weight excluding hydrogens is 389 g/mol. The van der Waals surface area contributed by atoms with Crippen molar-refractivity contribution in [1.29, 1.82) is 0 Å². The van der Waals surface area contributed by atoms with Crippen LogP contribution in [0.4, 0.5) is 19.1 Å². The molecule has 0 bridgehead atoms. The number of rotatable bonds is 4. The minimum atomic E-state index is -4.59. The van der Waals surface area contributed by atoms with Crippen molar-refractivity contribution in [3.63, 3.8) is 0 Å². The number of amides is 1. The van der Waals surface area contributed by atoms with E-state index in [4.69, 9.17) is 4.74 Å². The second kappa shape index (κ2) is 8.46. The average Bonchev–Trinajstić information content (AvgIpc) is 2.73. The Balaban J connectivity index is 1.65. The van der Waals surface area contributed by atoms with Crippen molar-refractivity contribution >= 4 is 17.8 Å². The monoisotopic (exact) mass is 408 g/mol. The van der Waals surface area contributed by atoms with Crippen LogP contribution in [0.2, 0.25) is 0 Å². The minimum absolute atomic E-state index is 0.230. The van der Waals surface area contributed by atoms with Gasteiger partial charge >= 0.3 is 12.1 Å². The van der Waals surface area contributed by atoms with E-state index >= 15 is 0 Å². The van der Waals surface area contributed by atoms with Gasteiger partial charge in [-0.05, 0) is 19.1 Å². The Morgan fingerprint density at radius 3 is 2.28 bits per heavy atom. The maximum Gasteiger partial charge on any atom is 0.417 e. The van der Waals surface area contributed by atoms with E-state index in [-0.39, 0.29) is 30.8 Å². The quantitative estimate of drug-likeness (QED) is 0.724. The average molecular weight is 408 g/mol. The molecule has 3 rings (SSSR count). The fourth-order valence-electron chi connectivity index (χ4n) is 3.00. The van der Waals surface area contributed by atoms with Gasteiger partial charge in [-0.15, -0.1) is 0 Å². The van der Waals surface area contributed by atoms with E-state index < -0.39 is 23.6 Å². The summed E-state index contributed by atoms with van der Waals surface area (Å²) < 4.78 is 44.4. The molecule has 0 atom stereocenters. The Morgan fingerprint density at radius 1 is 1.07 bits per heavy atom. The summed E-state index contributed by atoms with van der Waals surface area (Å²) in [5.74, 6) is -0.796. The molecule has 2 heterocycles. The smallest absolute Gasteiger partial charge is 0.417 e. The molecule has 0 saturated carbocycles. The number of benzene rings is 1. The molecule has 0 aliphatic carbocycles. The van der Waals surface area contributed by atoms with Gasteiger partial charge in [0.25, 0.3) is 5.91 Å². The number of halogens is 3. The van der Waals surface area contributed by atoms with Crippen molar-refractivity contribution in [1.82, 2.24) is 14.9 Å². The predicted octanol–water partition coefficient (Wildman–Crippen LogP) is 2.63. The van der Waals surface area contributed by atoms with E-state index in [0.29, 0.717) is 19.0 Å². The van der Waals surface area contributed by atoms with Crippen LogP contribution in [0.3, 0.4) is 0 Å². The van der Waals surface area contributed by atoms with Crippen molar-refractivity contribution in [3.05, 3.63) is 53.3 Å². The van der Waals surface area contributed by atoms with Crippen LogP contribution in [0.5, 0.6) is 0 Å². The van der Waals surface area contributed by atoms with Crippen LogP contribution < -0.4 is 4.90 Å². The van der Waals surface area contributed by atoms with Crippen LogP contribution >= 0.6 is 0 Å². The van der Waals surface area contributed by atoms with Crippen molar-refractivity contribution < 1.29 is 27.5 Å². The number of ether oxygens (including phenoxy) is 1. The van der Waals surface area contributed by atoms with E-state index in [9.17, 15) is 22.8 Å². The summed E-state index contributed by atoms with van der Waals surface area (Å²) >= 11 is 0. The van der Waals surface area contributed by atoms with Gasteiger partial charge in [0, 0.05) is 38.6 Å². The van der Waals surface area contributed by atoms with Gasteiger partial charge < -0.3 is 14.5 Å². The first-order valence-corrected chi connectivity index (χ1v) is 9.01. The van der Waals surface area contributed by atoms with Crippen molar-refractivity contribution in [2.75, 3.05) is 37.7 Å². The van der Waals surface area contributed by atoms with Gasteiger partial charge in [0.05, 0.1) is 23.3 Å². The lowest BCUT2D eigenvalue weighted by molar-refractivity contribution is -0.138. The molecule has 1 aromatic carbocycles. The van der Waals surface area contributed by atoms with E-state index in [1.807, 2.05) is 0 Å². The van der Waals surface area contributed by atoms with Gasteiger partial charge in [-0.2, -0.15) is 13.2 Å². The van der Waals surface area contributed by atoms with E-state index in [0.717, 1.165) is 6.07 Å². The predicted molar refractivity (Wildman–Crippen MR) is 97.5 cm³/mol. The zero-order valence-corrected chi connectivity index (χ0v) is 15.6. The number of hydrogen-bond donors (Lipinski definition) is 0. The molecule has 1 amide bonds. The summed E-state index contributed by atoms with van der Waals surface area (Å²) in [6.45, 7) is 3.12. The molecule has 10 heteroatoms. The molecule has 0 spiro atoms. The lowest BCUT2D eigenvalue weighted by Crippen LogP contribution is -2.49. The summed E-state index contributed by atoms with van der Waals surface area (Å²) in [6.07, 6.45) is -1.88. The topological polar surface area (TPSA) is 75.6 Å². The largest absolute Gasteiger partial charge is 0.462 e. The first-order valence-electron chi connectivity index (χ1n) is 9.01. The number of anilines is 1. The number of esters is 1. The highest BCUT2D eigenvalue weighted by molar-refractivity contribution is 5.96. The van der Waals surface area contributed by atoms with Gasteiger partial charge in [-0.25, -0.2) is 14.8 Å². The number of carbonyl (C=O) groups is 2. The van der Waals surface area contributed by atoms with Crippen molar-refractivity contribution in [2.45, 2.75) is 13.1 Å². The highest BCUT2D eigenvalue weighted by Gasteiger charge is 2.36. The molecule has 1 aliphatic heterocycles. The number of nitrogens with zero attached hydrogens (tertiary/aromatic N) is 4. The van der Waals surface area contributed by atoms with Crippen LogP contribution in [0.15, 0.2) is 36.7 Å². The maximum absolute atomic E-state index is 13.2. The zero-order valence-electron chi connectivity index (χ0n) is 15.6. The summed E-state index contributed by atoms with van der Waals surface area (Å²) in [4.78, 5) is 35.7. The minimum Gasteiger partial charge on any atom is -0.462 e. The normalized spacial score (nSPS) is 14.6. The van der Waals surface area contributed by atoms with E-state index in [1.165, 1.54) is 35.5 Å². The molecule has 1 fully saturated rings. The van der Waals surface area contributed by atoms with Crippen LogP contribution in [0.25, 0.3) is 0 Å². The van der Waals surface area contributed by atoms with Gasteiger partial charge in [0.1, 0.15) is 0 Å². The molecule has 1 saturated heterocycles. The third kappa shape index (κ3) is 4.64. The van der Waals surface area contributed by atoms with Crippen LogP contribution in [0, 0.1) is 0 Å². The second-order valence-electron chi connectivity index (χ2n) is 6.31. The molecular formula is C19H19F3N4O3. The third-order valence-electron chi connectivity index (χ3n) is 4.46.